The number of halogens is 3. The summed E-state index contributed by atoms with van der Waals surface area (Å²) in [5.74, 6) is -0.690. The molecule has 0 saturated carbocycles. The van der Waals surface area contributed by atoms with E-state index in [1.54, 1.807) is 0 Å². The first-order valence-corrected chi connectivity index (χ1v) is 11.1. The highest BCUT2D eigenvalue weighted by Gasteiger charge is 2.38. The highest BCUT2D eigenvalue weighted by Crippen LogP contribution is 2.37. The summed E-state index contributed by atoms with van der Waals surface area (Å²) in [6, 6.07) is 13.4. The molecular formula is C25H19F3N4O4. The van der Waals surface area contributed by atoms with Crippen molar-refractivity contribution in [2.75, 3.05) is 0 Å². The topological polar surface area (TPSA) is 114 Å². The van der Waals surface area contributed by atoms with Crippen LogP contribution in [0.3, 0.4) is 0 Å². The number of benzene rings is 2. The van der Waals surface area contributed by atoms with Gasteiger partial charge in [0.2, 0.25) is 5.82 Å². The fraction of sp³-hybridized carbons (Fsp3) is 0.280. The molecule has 2 unspecified atom stereocenters. The minimum atomic E-state index is -4.57. The summed E-state index contributed by atoms with van der Waals surface area (Å²) in [6.07, 6.45) is -5.04. The Labute approximate surface area is 202 Å². The van der Waals surface area contributed by atoms with E-state index in [0.29, 0.717) is 11.1 Å². The van der Waals surface area contributed by atoms with Crippen LogP contribution in [0.15, 0.2) is 47.0 Å². The van der Waals surface area contributed by atoms with Crippen molar-refractivity contribution in [1.82, 2.24) is 14.7 Å². The van der Waals surface area contributed by atoms with Crippen LogP contribution in [0.1, 0.15) is 37.1 Å². The van der Waals surface area contributed by atoms with Crippen molar-refractivity contribution in [2.24, 2.45) is 0 Å². The Morgan fingerprint density at radius 1 is 1.28 bits per heavy atom. The number of aliphatic carboxylic acids is 1. The summed E-state index contributed by atoms with van der Waals surface area (Å²) < 4.78 is 50.8. The van der Waals surface area contributed by atoms with Gasteiger partial charge in [-0.05, 0) is 55.5 Å². The Morgan fingerprint density at radius 3 is 2.78 bits per heavy atom. The third-order valence-electron chi connectivity index (χ3n) is 6.23. The molecule has 184 valence electrons. The van der Waals surface area contributed by atoms with Gasteiger partial charge in [0.1, 0.15) is 11.8 Å². The molecule has 3 heterocycles. The number of carboxylic acid groups (broad SMARTS) is 1. The molecule has 0 radical (unpaired) electrons. The van der Waals surface area contributed by atoms with Gasteiger partial charge < -0.3 is 18.9 Å². The summed E-state index contributed by atoms with van der Waals surface area (Å²) in [7, 11) is 0. The molecule has 11 heteroatoms. The van der Waals surface area contributed by atoms with Crippen molar-refractivity contribution in [1.29, 1.82) is 5.26 Å². The number of alkyl halides is 3. The number of aryl methyl sites for hydroxylation is 1. The van der Waals surface area contributed by atoms with Crippen LogP contribution in [0.4, 0.5) is 13.2 Å². The monoisotopic (exact) mass is 496 g/mol. The van der Waals surface area contributed by atoms with E-state index in [1.807, 2.05) is 28.8 Å². The predicted octanol–water partition coefficient (Wildman–Crippen LogP) is 5.52. The number of hydrogen-bond donors (Lipinski definition) is 1. The predicted molar refractivity (Wildman–Crippen MR) is 121 cm³/mol. The molecule has 0 fully saturated rings. The number of aromatic nitrogens is 3. The number of nitriles is 1. The normalized spacial score (nSPS) is 16.0. The van der Waals surface area contributed by atoms with Gasteiger partial charge in [-0.15, -0.1) is 0 Å². The first kappa shape index (κ1) is 23.4. The average Bonchev–Trinajstić information content (AvgIpc) is 3.54. The lowest BCUT2D eigenvalue weighted by atomic mass is 10.1. The van der Waals surface area contributed by atoms with Gasteiger partial charge in [0.05, 0.1) is 12.0 Å². The van der Waals surface area contributed by atoms with Crippen molar-refractivity contribution in [3.8, 4) is 34.7 Å². The first-order chi connectivity index (χ1) is 17.1. The Balaban J connectivity index is 1.45. The standard InChI is InChI=1S/C25H19F3N4O4/c1-13(25(26,27)28)35-21-7-4-16(8-17(21)12-29)24-30-23(31-36-24)15-3-2-14-9-18-5-6-19(11-22(33)34)32(18)20(14)10-15/h2-4,7-10,13,19H,5-6,11H2,1H3,(H,33,34). The van der Waals surface area contributed by atoms with E-state index in [1.165, 1.54) is 18.2 Å². The number of fused-ring (bicyclic) bond motifs is 3. The molecule has 2 aromatic heterocycles. The summed E-state index contributed by atoms with van der Waals surface area (Å²) in [5.41, 5.74) is 2.86. The van der Waals surface area contributed by atoms with Crippen LogP contribution in [0, 0.1) is 11.3 Å². The zero-order valence-electron chi connectivity index (χ0n) is 18.9. The molecule has 0 spiro atoms. The molecule has 0 amide bonds. The molecule has 1 aliphatic heterocycles. The molecule has 1 N–H and O–H groups in total. The van der Waals surface area contributed by atoms with Crippen molar-refractivity contribution in [3.63, 3.8) is 0 Å². The van der Waals surface area contributed by atoms with Gasteiger partial charge in [-0.1, -0.05) is 17.3 Å². The summed E-state index contributed by atoms with van der Waals surface area (Å²) in [5, 5.41) is 23.7. The van der Waals surface area contributed by atoms with Gasteiger partial charge >= 0.3 is 12.1 Å². The number of carbonyl (C=O) groups is 1. The maximum atomic E-state index is 12.8. The van der Waals surface area contributed by atoms with E-state index in [9.17, 15) is 28.3 Å². The quantitative estimate of drug-likeness (QED) is 0.374. The maximum absolute atomic E-state index is 12.8. The van der Waals surface area contributed by atoms with Gasteiger partial charge in [-0.25, -0.2) is 0 Å². The van der Waals surface area contributed by atoms with Crippen LogP contribution in [0.5, 0.6) is 5.75 Å². The lowest BCUT2D eigenvalue weighted by Gasteiger charge is -2.18. The van der Waals surface area contributed by atoms with Crippen LogP contribution in [0.25, 0.3) is 33.7 Å². The molecule has 5 rings (SSSR count). The van der Waals surface area contributed by atoms with E-state index in [0.717, 1.165) is 36.4 Å². The number of ether oxygens (including phenoxy) is 1. The van der Waals surface area contributed by atoms with Crippen molar-refractivity contribution in [3.05, 3.63) is 53.7 Å². The lowest BCUT2D eigenvalue weighted by Crippen LogP contribution is -2.31. The second kappa shape index (κ2) is 8.71. The minimum absolute atomic E-state index is 0.0377. The van der Waals surface area contributed by atoms with E-state index in [2.05, 4.69) is 16.2 Å². The smallest absolute Gasteiger partial charge is 0.425 e. The third-order valence-corrected chi connectivity index (χ3v) is 6.23. The van der Waals surface area contributed by atoms with Gasteiger partial charge in [0.25, 0.3) is 5.89 Å². The maximum Gasteiger partial charge on any atom is 0.425 e. The van der Waals surface area contributed by atoms with Crippen LogP contribution >= 0.6 is 0 Å². The highest BCUT2D eigenvalue weighted by molar-refractivity contribution is 5.86. The molecule has 2 aromatic carbocycles. The molecule has 2 atom stereocenters. The summed E-state index contributed by atoms with van der Waals surface area (Å²) in [4.78, 5) is 15.7. The molecule has 36 heavy (non-hydrogen) atoms. The average molecular weight is 496 g/mol. The molecular weight excluding hydrogens is 477 g/mol. The van der Waals surface area contributed by atoms with E-state index < -0.39 is 18.2 Å². The zero-order valence-corrected chi connectivity index (χ0v) is 18.9. The molecule has 8 nitrogen and oxygen atoms in total. The molecule has 0 aliphatic carbocycles. The van der Waals surface area contributed by atoms with Crippen LogP contribution < -0.4 is 4.74 Å². The third kappa shape index (κ3) is 4.26. The fourth-order valence-corrected chi connectivity index (χ4v) is 4.45. The van der Waals surface area contributed by atoms with E-state index in [4.69, 9.17) is 9.26 Å². The van der Waals surface area contributed by atoms with Crippen LogP contribution in [-0.2, 0) is 11.2 Å². The Bertz CT molecular complexity index is 1520. The SMILES string of the molecule is CC(Oc1ccc(-c2nc(-c3ccc4cc5n(c4c3)C(CC(=O)O)CC5)no2)cc1C#N)C(F)(F)F. The van der Waals surface area contributed by atoms with E-state index >= 15 is 0 Å². The summed E-state index contributed by atoms with van der Waals surface area (Å²) in [6.45, 7) is 0.862. The van der Waals surface area contributed by atoms with Gasteiger partial charge in [-0.3, -0.25) is 4.79 Å². The second-order valence-electron chi connectivity index (χ2n) is 8.62. The van der Waals surface area contributed by atoms with E-state index in [-0.39, 0.29) is 35.5 Å². The molecule has 1 aliphatic rings. The largest absolute Gasteiger partial charge is 0.481 e. The Hall–Kier alpha value is -4.33. The molecule has 0 bridgehead atoms. The highest BCUT2D eigenvalue weighted by atomic mass is 19.4. The van der Waals surface area contributed by atoms with Gasteiger partial charge in [0, 0.05) is 28.4 Å². The Morgan fingerprint density at radius 2 is 2.06 bits per heavy atom. The fourth-order valence-electron chi connectivity index (χ4n) is 4.45. The number of hydrogen-bond acceptors (Lipinski definition) is 6. The number of nitrogens with zero attached hydrogens (tertiary/aromatic N) is 4. The molecule has 0 saturated heterocycles. The minimum Gasteiger partial charge on any atom is -0.481 e. The first-order valence-electron chi connectivity index (χ1n) is 11.1. The van der Waals surface area contributed by atoms with Crippen molar-refractivity contribution >= 4 is 16.9 Å². The summed E-state index contributed by atoms with van der Waals surface area (Å²) >= 11 is 0. The van der Waals surface area contributed by atoms with Crippen LogP contribution in [-0.4, -0.2) is 38.1 Å². The molecule has 4 aromatic rings. The lowest BCUT2D eigenvalue weighted by molar-refractivity contribution is -0.189. The van der Waals surface area contributed by atoms with Gasteiger partial charge in [0.15, 0.2) is 6.10 Å². The van der Waals surface area contributed by atoms with Crippen molar-refractivity contribution < 1.29 is 32.3 Å². The second-order valence-corrected chi connectivity index (χ2v) is 8.62. The number of rotatable bonds is 6. The zero-order chi connectivity index (χ0) is 25.6. The van der Waals surface area contributed by atoms with Crippen LogP contribution in [0.2, 0.25) is 0 Å². The van der Waals surface area contributed by atoms with Crippen molar-refractivity contribution in [2.45, 2.75) is 44.5 Å². The number of carboxylic acids is 1. The Kier molecular flexibility index (Phi) is 5.67. The van der Waals surface area contributed by atoms with Gasteiger partial charge in [-0.2, -0.15) is 23.4 Å².